The molecule has 84 valence electrons. The number of hydrogen-bond acceptors (Lipinski definition) is 2. The third-order valence-corrected chi connectivity index (χ3v) is 2.51. The zero-order chi connectivity index (χ0) is 12.1. The molecule has 0 saturated carbocycles. The predicted molar refractivity (Wildman–Crippen MR) is 68.1 cm³/mol. The zero-order valence-electron chi connectivity index (χ0n) is 9.57. The van der Waals surface area contributed by atoms with Crippen molar-refractivity contribution in [2.75, 3.05) is 7.11 Å². The number of rotatable bonds is 2. The van der Waals surface area contributed by atoms with Crippen molar-refractivity contribution in [1.29, 1.82) is 0 Å². The molecular formula is C15H12O2. The Kier molecular flexibility index (Phi) is 3.42. The Balaban J connectivity index is 2.64. The van der Waals surface area contributed by atoms with Gasteiger partial charge in [0.25, 0.3) is 0 Å². The molecule has 0 saturated heterocycles. The minimum Gasteiger partial charge on any atom is -0.495 e. The summed E-state index contributed by atoms with van der Waals surface area (Å²) < 4.78 is 5.29. The fourth-order valence-corrected chi connectivity index (χ4v) is 1.73. The average molecular weight is 224 g/mol. The maximum absolute atomic E-state index is 10.3. The monoisotopic (exact) mass is 224 g/mol. The first-order valence-electron chi connectivity index (χ1n) is 5.35. The summed E-state index contributed by atoms with van der Waals surface area (Å²) in [5, 5.41) is 2.16. The lowest BCUT2D eigenvalue weighted by molar-refractivity contribution is -0.107. The largest absolute Gasteiger partial charge is 0.495 e. The molecule has 2 aromatic rings. The molecule has 0 unspecified atom stereocenters. The van der Waals surface area contributed by atoms with Crippen LogP contribution in [0.1, 0.15) is 12.0 Å². The molecular weight excluding hydrogens is 212 g/mol. The number of fused-ring (bicyclic) bond motifs is 1. The van der Waals surface area contributed by atoms with E-state index in [2.05, 4.69) is 11.8 Å². The maximum atomic E-state index is 10.3. The number of methoxy groups -OCH3 is 1. The van der Waals surface area contributed by atoms with Gasteiger partial charge in [-0.05, 0) is 11.5 Å². The third-order valence-electron chi connectivity index (χ3n) is 2.51. The summed E-state index contributed by atoms with van der Waals surface area (Å²) in [4.78, 5) is 10.3. The Bertz CT molecular complexity index is 603. The van der Waals surface area contributed by atoms with Crippen molar-refractivity contribution in [3.05, 3.63) is 42.0 Å². The number of hydrogen-bond donors (Lipinski definition) is 0. The van der Waals surface area contributed by atoms with E-state index in [-0.39, 0.29) is 6.42 Å². The fraction of sp³-hybridized carbons (Fsp3) is 0.133. The SMILES string of the molecule is COc1ccc2ccccc2c1C#CCC=O. The van der Waals surface area contributed by atoms with E-state index < -0.39 is 0 Å². The van der Waals surface area contributed by atoms with E-state index in [1.165, 1.54) is 0 Å². The summed E-state index contributed by atoms with van der Waals surface area (Å²) in [6, 6.07) is 11.9. The van der Waals surface area contributed by atoms with Crippen molar-refractivity contribution in [2.45, 2.75) is 6.42 Å². The first-order chi connectivity index (χ1) is 8.36. The molecule has 0 bridgehead atoms. The van der Waals surface area contributed by atoms with Gasteiger partial charge in [0.1, 0.15) is 12.0 Å². The Morgan fingerprint density at radius 2 is 2.06 bits per heavy atom. The minimum atomic E-state index is 0.242. The molecule has 2 aromatic carbocycles. The highest BCUT2D eigenvalue weighted by Gasteiger charge is 2.04. The lowest BCUT2D eigenvalue weighted by atomic mass is 10.0. The summed E-state index contributed by atoms with van der Waals surface area (Å²) in [6.07, 6.45) is 1.04. The van der Waals surface area contributed by atoms with Gasteiger partial charge in [0.2, 0.25) is 0 Å². The molecule has 0 aliphatic heterocycles. The summed E-state index contributed by atoms with van der Waals surface area (Å²) in [6.45, 7) is 0. The van der Waals surface area contributed by atoms with Gasteiger partial charge in [-0.2, -0.15) is 0 Å². The number of carbonyl (C=O) groups excluding carboxylic acids is 1. The van der Waals surface area contributed by atoms with Crippen LogP contribution in [0.3, 0.4) is 0 Å². The summed E-state index contributed by atoms with van der Waals surface area (Å²) in [5.74, 6) is 6.56. The summed E-state index contributed by atoms with van der Waals surface area (Å²) in [5.41, 5.74) is 0.840. The second kappa shape index (κ2) is 5.18. The maximum Gasteiger partial charge on any atom is 0.135 e. The summed E-state index contributed by atoms with van der Waals surface area (Å²) in [7, 11) is 1.62. The van der Waals surface area contributed by atoms with Crippen molar-refractivity contribution in [3.63, 3.8) is 0 Å². The van der Waals surface area contributed by atoms with Crippen LogP contribution in [-0.4, -0.2) is 13.4 Å². The Hall–Kier alpha value is -2.27. The van der Waals surface area contributed by atoms with Crippen LogP contribution in [0.4, 0.5) is 0 Å². The van der Waals surface area contributed by atoms with Gasteiger partial charge in [0.05, 0.1) is 19.1 Å². The van der Waals surface area contributed by atoms with Gasteiger partial charge in [-0.3, -0.25) is 0 Å². The van der Waals surface area contributed by atoms with Crippen molar-refractivity contribution in [2.24, 2.45) is 0 Å². The lowest BCUT2D eigenvalue weighted by Gasteiger charge is -2.06. The molecule has 0 amide bonds. The van der Waals surface area contributed by atoms with Crippen LogP contribution >= 0.6 is 0 Å². The molecule has 2 nitrogen and oxygen atoms in total. The van der Waals surface area contributed by atoms with Crippen molar-refractivity contribution >= 4 is 17.1 Å². The second-order valence-electron chi connectivity index (χ2n) is 3.54. The zero-order valence-corrected chi connectivity index (χ0v) is 9.57. The van der Waals surface area contributed by atoms with E-state index in [9.17, 15) is 4.79 Å². The van der Waals surface area contributed by atoms with Crippen LogP contribution < -0.4 is 4.74 Å². The molecule has 17 heavy (non-hydrogen) atoms. The highest BCUT2D eigenvalue weighted by atomic mass is 16.5. The van der Waals surface area contributed by atoms with Crippen molar-refractivity contribution < 1.29 is 9.53 Å². The fourth-order valence-electron chi connectivity index (χ4n) is 1.73. The smallest absolute Gasteiger partial charge is 0.135 e. The highest BCUT2D eigenvalue weighted by molar-refractivity contribution is 5.90. The van der Waals surface area contributed by atoms with E-state index >= 15 is 0 Å². The molecule has 0 aromatic heterocycles. The number of ether oxygens (including phenoxy) is 1. The average Bonchev–Trinajstić information content (AvgIpc) is 2.39. The first-order valence-corrected chi connectivity index (χ1v) is 5.35. The molecule has 0 N–H and O–H groups in total. The normalized spacial score (nSPS) is 9.47. The first kappa shape index (κ1) is 11.2. The van der Waals surface area contributed by atoms with E-state index in [1.807, 2.05) is 36.4 Å². The molecule has 0 spiro atoms. The third kappa shape index (κ3) is 2.29. The number of benzene rings is 2. The molecule has 0 fully saturated rings. The molecule has 0 atom stereocenters. The second-order valence-corrected chi connectivity index (χ2v) is 3.54. The summed E-state index contributed by atoms with van der Waals surface area (Å²) >= 11 is 0. The standard InChI is InChI=1S/C15H12O2/c1-17-15-10-9-12-6-2-3-7-13(12)14(15)8-4-5-11-16/h2-3,6-7,9-11H,5H2,1H3. The van der Waals surface area contributed by atoms with Crippen LogP contribution in [0.5, 0.6) is 5.75 Å². The highest BCUT2D eigenvalue weighted by Crippen LogP contribution is 2.26. The van der Waals surface area contributed by atoms with Gasteiger partial charge in [0.15, 0.2) is 0 Å². The topological polar surface area (TPSA) is 26.3 Å². The Morgan fingerprint density at radius 3 is 2.82 bits per heavy atom. The molecule has 0 aliphatic carbocycles. The molecule has 0 heterocycles. The van der Waals surface area contributed by atoms with Gasteiger partial charge < -0.3 is 9.53 Å². The van der Waals surface area contributed by atoms with Crippen LogP contribution in [0.25, 0.3) is 10.8 Å². The van der Waals surface area contributed by atoms with Gasteiger partial charge in [-0.15, -0.1) is 0 Å². The van der Waals surface area contributed by atoms with E-state index in [4.69, 9.17) is 4.74 Å². The van der Waals surface area contributed by atoms with E-state index in [0.717, 1.165) is 28.4 Å². The number of carbonyl (C=O) groups is 1. The van der Waals surface area contributed by atoms with E-state index in [0.29, 0.717) is 0 Å². The van der Waals surface area contributed by atoms with Crippen LogP contribution in [0.15, 0.2) is 36.4 Å². The van der Waals surface area contributed by atoms with Crippen molar-refractivity contribution in [1.82, 2.24) is 0 Å². The Morgan fingerprint density at radius 1 is 1.24 bits per heavy atom. The van der Waals surface area contributed by atoms with Gasteiger partial charge in [-0.25, -0.2) is 0 Å². The molecule has 0 radical (unpaired) electrons. The molecule has 0 aliphatic rings. The number of aldehydes is 1. The quantitative estimate of drug-likeness (QED) is 0.579. The van der Waals surface area contributed by atoms with Gasteiger partial charge in [0, 0.05) is 5.39 Å². The van der Waals surface area contributed by atoms with Gasteiger partial charge in [-0.1, -0.05) is 42.2 Å². The molecule has 2 rings (SSSR count). The minimum absolute atomic E-state index is 0.242. The van der Waals surface area contributed by atoms with Crippen LogP contribution in [0.2, 0.25) is 0 Å². The van der Waals surface area contributed by atoms with Crippen molar-refractivity contribution in [3.8, 4) is 17.6 Å². The lowest BCUT2D eigenvalue weighted by Crippen LogP contribution is -1.89. The van der Waals surface area contributed by atoms with E-state index in [1.54, 1.807) is 7.11 Å². The molecule has 2 heteroatoms. The van der Waals surface area contributed by atoms with Gasteiger partial charge >= 0.3 is 0 Å². The van der Waals surface area contributed by atoms with Crippen LogP contribution in [-0.2, 0) is 4.79 Å². The van der Waals surface area contributed by atoms with Crippen LogP contribution in [0, 0.1) is 11.8 Å². The predicted octanol–water partition coefficient (Wildman–Crippen LogP) is 2.79. The Labute approximate surface area is 100 Å².